The van der Waals surface area contributed by atoms with Crippen LogP contribution < -0.4 is 0 Å². The number of fused-ring (bicyclic) bond motifs is 1. The molecule has 2 fully saturated rings. The number of nitrogens with zero attached hydrogens (tertiary/aromatic N) is 3. The largest absolute Gasteiger partial charge is 0.342 e. The molecule has 1 aliphatic heterocycles. The van der Waals surface area contributed by atoms with Gasteiger partial charge in [0.15, 0.2) is 6.29 Å². The van der Waals surface area contributed by atoms with Gasteiger partial charge >= 0.3 is 0 Å². The molecule has 4 aliphatic rings. The van der Waals surface area contributed by atoms with E-state index in [4.69, 9.17) is 26.6 Å². The predicted molar refractivity (Wildman–Crippen MR) is 90.6 cm³/mol. The third-order valence-corrected chi connectivity index (χ3v) is 7.19. The summed E-state index contributed by atoms with van der Waals surface area (Å²) in [6, 6.07) is 9.61. The molecule has 0 aromatic heterocycles. The summed E-state index contributed by atoms with van der Waals surface area (Å²) in [5.41, 5.74) is 9.51. The first kappa shape index (κ1) is 16.1. The molecule has 0 spiro atoms. The Balaban J connectivity index is 1.70. The van der Waals surface area contributed by atoms with Gasteiger partial charge < -0.3 is 9.47 Å². The number of benzene rings is 1. The number of amides is 1. The maximum absolute atomic E-state index is 12.3. The molecule has 3 aliphatic carbocycles. The highest BCUT2D eigenvalue weighted by atomic mass is 79.9. The minimum Gasteiger partial charge on any atom is -0.342 e. The lowest BCUT2D eigenvalue weighted by atomic mass is 9.65. The van der Waals surface area contributed by atoms with Gasteiger partial charge in [-0.3, -0.25) is 4.79 Å². The molecule has 124 valence electrons. The third-order valence-electron chi connectivity index (χ3n) is 4.94. The molecule has 24 heavy (non-hydrogen) atoms. The second-order valence-electron chi connectivity index (χ2n) is 6.19. The van der Waals surface area contributed by atoms with Gasteiger partial charge in [0.05, 0.1) is 10.4 Å². The maximum Gasteiger partial charge on any atom is 0.241 e. The van der Waals surface area contributed by atoms with Gasteiger partial charge in [-0.2, -0.15) is 0 Å². The normalized spacial score (nSPS) is 42.4. The molecule has 6 atom stereocenters. The van der Waals surface area contributed by atoms with Crippen molar-refractivity contribution >= 4 is 33.4 Å². The molecule has 1 heterocycles. The van der Waals surface area contributed by atoms with E-state index in [1.54, 1.807) is 0 Å². The van der Waals surface area contributed by atoms with Crippen molar-refractivity contribution in [3.8, 4) is 0 Å². The fourth-order valence-corrected chi connectivity index (χ4v) is 4.99. The van der Waals surface area contributed by atoms with Crippen LogP contribution in [0.25, 0.3) is 10.4 Å². The number of rotatable bonds is 2. The summed E-state index contributed by atoms with van der Waals surface area (Å²) >= 11 is 10.3. The molecule has 1 aromatic carbocycles. The first-order valence-corrected chi connectivity index (χ1v) is 8.69. The fourth-order valence-electron chi connectivity index (χ4n) is 3.75. The number of carbonyl (C=O) groups excluding carboxylic acids is 1. The van der Waals surface area contributed by atoms with Gasteiger partial charge in [-0.25, -0.2) is 0 Å². The minimum atomic E-state index is -1.39. The average Bonchev–Trinajstić information content (AvgIpc) is 3.05. The van der Waals surface area contributed by atoms with Gasteiger partial charge in [0.2, 0.25) is 5.91 Å². The Morgan fingerprint density at radius 2 is 2.12 bits per heavy atom. The van der Waals surface area contributed by atoms with Crippen LogP contribution in [0.2, 0.25) is 0 Å². The Morgan fingerprint density at radius 1 is 1.38 bits per heavy atom. The molecular formula is C16H13BrClN3O3. The molecule has 0 N–H and O–H groups in total. The molecule has 8 heteroatoms. The number of carbonyl (C=O) groups is 1. The van der Waals surface area contributed by atoms with E-state index in [1.807, 2.05) is 42.5 Å². The number of alkyl halides is 2. The van der Waals surface area contributed by atoms with E-state index >= 15 is 0 Å². The van der Waals surface area contributed by atoms with Gasteiger partial charge in [0, 0.05) is 16.4 Å². The number of azide groups is 1. The van der Waals surface area contributed by atoms with E-state index < -0.39 is 27.5 Å². The van der Waals surface area contributed by atoms with Crippen molar-refractivity contribution in [2.24, 2.45) is 11.0 Å². The summed E-state index contributed by atoms with van der Waals surface area (Å²) < 4.78 is 11.2. The molecule has 1 saturated heterocycles. The van der Waals surface area contributed by atoms with Crippen LogP contribution in [0, 0.1) is 5.92 Å². The second-order valence-corrected chi connectivity index (χ2v) is 8.15. The molecule has 6 nitrogen and oxygen atoms in total. The summed E-state index contributed by atoms with van der Waals surface area (Å²) in [6.07, 6.45) is 2.94. The Hall–Kier alpha value is -1.37. The summed E-state index contributed by atoms with van der Waals surface area (Å²) in [5.74, 6) is -0.790. The van der Waals surface area contributed by atoms with Crippen LogP contribution in [0.1, 0.15) is 18.3 Å². The van der Waals surface area contributed by atoms with Crippen molar-refractivity contribution < 1.29 is 14.3 Å². The van der Waals surface area contributed by atoms with Crippen molar-refractivity contribution in [2.45, 2.75) is 34.1 Å². The first-order valence-electron chi connectivity index (χ1n) is 7.52. The Kier molecular flexibility index (Phi) is 3.74. The highest BCUT2D eigenvalue weighted by molar-refractivity contribution is 9.10. The summed E-state index contributed by atoms with van der Waals surface area (Å²) in [5, 5.41) is 3.22. The highest BCUT2D eigenvalue weighted by Gasteiger charge is 2.68. The zero-order valence-corrected chi connectivity index (χ0v) is 14.7. The van der Waals surface area contributed by atoms with Crippen molar-refractivity contribution in [3.05, 3.63) is 58.5 Å². The van der Waals surface area contributed by atoms with Crippen LogP contribution in [0.3, 0.4) is 0 Å². The lowest BCUT2D eigenvalue weighted by Gasteiger charge is -2.53. The van der Waals surface area contributed by atoms with E-state index in [1.165, 1.54) is 0 Å². The average molecular weight is 411 g/mol. The Bertz CT molecular complexity index is 769. The van der Waals surface area contributed by atoms with Crippen molar-refractivity contribution in [1.29, 1.82) is 0 Å². The van der Waals surface area contributed by atoms with Crippen molar-refractivity contribution in [3.63, 3.8) is 0 Å². The second kappa shape index (κ2) is 5.58. The number of hydrogen-bond acceptors (Lipinski definition) is 3. The molecule has 2 bridgehead atoms. The van der Waals surface area contributed by atoms with Gasteiger partial charge in [0.25, 0.3) is 0 Å². The Morgan fingerprint density at radius 3 is 2.83 bits per heavy atom. The lowest BCUT2D eigenvalue weighted by Crippen LogP contribution is -2.67. The molecule has 1 unspecified atom stereocenters. The maximum atomic E-state index is 12.3. The SMILES string of the molecule is [N-]=[N+]=NC(=O)C1(Cl)C[C@@H]2C=C[C@@]1(Br)[C@H]1O[C@@H](c3ccccc3)O[C@@H]21. The van der Waals surface area contributed by atoms with E-state index in [0.29, 0.717) is 6.42 Å². The van der Waals surface area contributed by atoms with Crippen molar-refractivity contribution in [2.75, 3.05) is 0 Å². The molecule has 0 radical (unpaired) electrons. The van der Waals surface area contributed by atoms with E-state index in [0.717, 1.165) is 5.56 Å². The fraction of sp³-hybridized carbons (Fsp3) is 0.438. The predicted octanol–water partition coefficient (Wildman–Crippen LogP) is 4.01. The van der Waals surface area contributed by atoms with E-state index in [2.05, 4.69) is 26.0 Å². The number of ether oxygens (including phenoxy) is 2. The van der Waals surface area contributed by atoms with E-state index in [9.17, 15) is 4.79 Å². The number of hydrogen-bond donors (Lipinski definition) is 0. The molecule has 5 rings (SSSR count). The molecule has 1 saturated carbocycles. The van der Waals surface area contributed by atoms with Crippen LogP contribution in [-0.4, -0.2) is 27.3 Å². The summed E-state index contributed by atoms with van der Waals surface area (Å²) in [7, 11) is 0. The Labute approximate surface area is 151 Å². The summed E-state index contributed by atoms with van der Waals surface area (Å²) in [4.78, 5) is 13.5. The van der Waals surface area contributed by atoms with Crippen LogP contribution in [0.15, 0.2) is 47.6 Å². The van der Waals surface area contributed by atoms with Crippen LogP contribution >= 0.6 is 27.5 Å². The third kappa shape index (κ3) is 2.09. The van der Waals surface area contributed by atoms with Crippen LogP contribution in [-0.2, 0) is 14.3 Å². The molecule has 1 amide bonds. The van der Waals surface area contributed by atoms with Crippen molar-refractivity contribution in [1.82, 2.24) is 0 Å². The quantitative estimate of drug-likeness (QED) is 0.243. The van der Waals surface area contributed by atoms with E-state index in [-0.39, 0.29) is 12.0 Å². The zero-order valence-electron chi connectivity index (χ0n) is 12.4. The summed E-state index contributed by atoms with van der Waals surface area (Å²) in [6.45, 7) is 0. The molecular weight excluding hydrogens is 398 g/mol. The zero-order chi connectivity index (χ0) is 16.9. The first-order chi connectivity index (χ1) is 11.5. The monoisotopic (exact) mass is 409 g/mol. The van der Waals surface area contributed by atoms with Crippen LogP contribution in [0.4, 0.5) is 0 Å². The highest BCUT2D eigenvalue weighted by Crippen LogP contribution is 2.60. The smallest absolute Gasteiger partial charge is 0.241 e. The van der Waals surface area contributed by atoms with Crippen LogP contribution in [0.5, 0.6) is 0 Å². The molecule has 1 aromatic rings. The van der Waals surface area contributed by atoms with Gasteiger partial charge in [0.1, 0.15) is 11.0 Å². The minimum absolute atomic E-state index is 0.0847. The lowest BCUT2D eigenvalue weighted by molar-refractivity contribution is -0.124. The number of halogens is 2. The van der Waals surface area contributed by atoms with Gasteiger partial charge in [-0.15, -0.1) is 11.6 Å². The standard InChI is InChI=1S/C16H13BrClN3O3/c17-15-7-6-10(8-16(15,18)14(22)20-21-19)11-12(15)24-13(23-11)9-4-2-1-3-5-9/h1-7,10-13H,8H2/t10-,11-,12-,13-,15+,16?/m0/s1. The van der Waals surface area contributed by atoms with Gasteiger partial charge in [-0.05, 0) is 17.1 Å². The van der Waals surface area contributed by atoms with Gasteiger partial charge in [-0.1, -0.05) is 58.4 Å². The topological polar surface area (TPSA) is 84.3 Å².